The van der Waals surface area contributed by atoms with Crippen molar-refractivity contribution in [2.24, 2.45) is 0 Å². The number of para-hydroxylation sites is 1. The van der Waals surface area contributed by atoms with Crippen LogP contribution in [0, 0.1) is 0 Å². The Balaban J connectivity index is 1.98. The highest BCUT2D eigenvalue weighted by molar-refractivity contribution is 6.32. The molecule has 0 bridgehead atoms. The van der Waals surface area contributed by atoms with Crippen LogP contribution in [0.4, 0.5) is 0 Å². The molecule has 0 saturated carbocycles. The van der Waals surface area contributed by atoms with E-state index in [1.54, 1.807) is 26.4 Å². The van der Waals surface area contributed by atoms with Gasteiger partial charge in [0.15, 0.2) is 0 Å². The van der Waals surface area contributed by atoms with E-state index in [0.29, 0.717) is 11.6 Å². The van der Waals surface area contributed by atoms with Crippen LogP contribution in [-0.4, -0.2) is 26.7 Å². The van der Waals surface area contributed by atoms with Gasteiger partial charge < -0.3 is 14.8 Å². The van der Waals surface area contributed by atoms with Crippen LogP contribution in [0.25, 0.3) is 6.08 Å². The fraction of sp³-hybridized carbons (Fsp3) is 0.211. The Morgan fingerprint density at radius 2 is 1.88 bits per heavy atom. The van der Waals surface area contributed by atoms with Gasteiger partial charge in [-0.2, -0.15) is 0 Å². The molecular weight excluding hydrogens is 326 g/mol. The summed E-state index contributed by atoms with van der Waals surface area (Å²) in [6.07, 6.45) is 2.84. The van der Waals surface area contributed by atoms with E-state index in [-0.39, 0.29) is 12.0 Å². The molecule has 0 heterocycles. The molecule has 0 aliphatic heterocycles. The molecular formula is C19H20ClNO3. The first kappa shape index (κ1) is 18.0. The lowest BCUT2D eigenvalue weighted by molar-refractivity contribution is -0.117. The van der Waals surface area contributed by atoms with Gasteiger partial charge in [0.05, 0.1) is 7.11 Å². The van der Waals surface area contributed by atoms with Gasteiger partial charge in [0.1, 0.15) is 11.9 Å². The molecule has 0 saturated heterocycles. The molecule has 2 aromatic rings. The number of carbonyl (C=O) groups excluding carboxylic acids is 1. The first-order valence-corrected chi connectivity index (χ1v) is 7.89. The smallest absolute Gasteiger partial charge is 0.244 e. The zero-order valence-electron chi connectivity index (χ0n) is 13.7. The maximum absolute atomic E-state index is 12.0. The van der Waals surface area contributed by atoms with E-state index >= 15 is 0 Å². The molecule has 0 aromatic heterocycles. The van der Waals surface area contributed by atoms with Gasteiger partial charge in [-0.3, -0.25) is 4.79 Å². The van der Waals surface area contributed by atoms with E-state index in [4.69, 9.17) is 21.1 Å². The first-order chi connectivity index (χ1) is 11.7. The van der Waals surface area contributed by atoms with Gasteiger partial charge in [-0.15, -0.1) is 0 Å². The molecule has 1 N–H and O–H groups in total. The molecule has 4 nitrogen and oxygen atoms in total. The van der Waals surface area contributed by atoms with Crippen molar-refractivity contribution in [3.63, 3.8) is 0 Å². The molecule has 0 aliphatic rings. The van der Waals surface area contributed by atoms with E-state index in [2.05, 4.69) is 5.32 Å². The average molecular weight is 346 g/mol. The highest BCUT2D eigenvalue weighted by Gasteiger charge is 2.15. The maximum atomic E-state index is 12.0. The number of ether oxygens (including phenoxy) is 2. The number of nitrogens with one attached hydrogen (secondary N) is 1. The zero-order valence-corrected chi connectivity index (χ0v) is 14.4. The number of hydrogen-bond donors (Lipinski definition) is 1. The standard InChI is InChI=1S/C19H20ClNO3/c1-23-17-10-6-4-8-15(17)18(24-2)13-21-19(22)12-11-14-7-3-5-9-16(14)20/h3-12,18H,13H2,1-2H3,(H,21,22)/b12-11+/t18-/m0/s1. The Labute approximate surface area is 147 Å². The van der Waals surface area contributed by atoms with Gasteiger partial charge in [0.25, 0.3) is 0 Å². The molecule has 0 spiro atoms. The molecule has 2 rings (SSSR count). The minimum absolute atomic E-state index is 0.216. The summed E-state index contributed by atoms with van der Waals surface area (Å²) in [6, 6.07) is 14.9. The largest absolute Gasteiger partial charge is 0.496 e. The van der Waals surface area contributed by atoms with E-state index in [1.807, 2.05) is 42.5 Å². The molecule has 0 aliphatic carbocycles. The molecule has 0 radical (unpaired) electrons. The second kappa shape index (κ2) is 9.11. The fourth-order valence-electron chi connectivity index (χ4n) is 2.28. The van der Waals surface area contributed by atoms with Crippen LogP contribution < -0.4 is 10.1 Å². The van der Waals surface area contributed by atoms with Crippen LogP contribution in [-0.2, 0) is 9.53 Å². The van der Waals surface area contributed by atoms with Crippen LogP contribution in [0.1, 0.15) is 17.2 Å². The first-order valence-electron chi connectivity index (χ1n) is 7.52. The Hall–Kier alpha value is -2.30. The van der Waals surface area contributed by atoms with Crippen LogP contribution in [0.2, 0.25) is 5.02 Å². The minimum Gasteiger partial charge on any atom is -0.496 e. The van der Waals surface area contributed by atoms with Crippen LogP contribution >= 0.6 is 11.6 Å². The van der Waals surface area contributed by atoms with Gasteiger partial charge >= 0.3 is 0 Å². The SMILES string of the molecule is COc1ccccc1[C@H](CNC(=O)/C=C/c1ccccc1Cl)OC. The van der Waals surface area contributed by atoms with Crippen molar-refractivity contribution >= 4 is 23.6 Å². The number of amides is 1. The monoisotopic (exact) mass is 345 g/mol. The fourth-order valence-corrected chi connectivity index (χ4v) is 2.48. The number of benzene rings is 2. The summed E-state index contributed by atoms with van der Waals surface area (Å²) < 4.78 is 10.8. The predicted octanol–water partition coefficient (Wildman–Crippen LogP) is 3.87. The van der Waals surface area contributed by atoms with Crippen molar-refractivity contribution in [1.82, 2.24) is 5.32 Å². The van der Waals surface area contributed by atoms with Crippen molar-refractivity contribution in [2.45, 2.75) is 6.10 Å². The van der Waals surface area contributed by atoms with Crippen molar-refractivity contribution < 1.29 is 14.3 Å². The second-order valence-corrected chi connectivity index (χ2v) is 5.47. The third-order valence-electron chi connectivity index (χ3n) is 3.55. The summed E-state index contributed by atoms with van der Waals surface area (Å²) in [7, 11) is 3.21. The molecule has 1 amide bonds. The maximum Gasteiger partial charge on any atom is 0.244 e. The number of hydrogen-bond acceptors (Lipinski definition) is 3. The lowest BCUT2D eigenvalue weighted by Gasteiger charge is -2.18. The minimum atomic E-state index is -0.293. The third kappa shape index (κ3) is 4.85. The topological polar surface area (TPSA) is 47.6 Å². The summed E-state index contributed by atoms with van der Waals surface area (Å²) >= 11 is 6.05. The third-order valence-corrected chi connectivity index (χ3v) is 3.90. The molecule has 0 fully saturated rings. The highest BCUT2D eigenvalue weighted by Crippen LogP contribution is 2.26. The Morgan fingerprint density at radius 3 is 2.58 bits per heavy atom. The predicted molar refractivity (Wildman–Crippen MR) is 96.2 cm³/mol. The molecule has 5 heteroatoms. The van der Waals surface area contributed by atoms with E-state index in [9.17, 15) is 4.79 Å². The van der Waals surface area contributed by atoms with E-state index in [1.165, 1.54) is 6.08 Å². The zero-order chi connectivity index (χ0) is 17.4. The molecule has 24 heavy (non-hydrogen) atoms. The van der Waals surface area contributed by atoms with E-state index in [0.717, 1.165) is 16.9 Å². The van der Waals surface area contributed by atoms with Crippen molar-refractivity contribution in [3.8, 4) is 5.75 Å². The lowest BCUT2D eigenvalue weighted by atomic mass is 10.1. The van der Waals surface area contributed by atoms with Crippen molar-refractivity contribution in [1.29, 1.82) is 0 Å². The van der Waals surface area contributed by atoms with Gasteiger partial charge in [-0.25, -0.2) is 0 Å². The van der Waals surface area contributed by atoms with Gasteiger partial charge in [0, 0.05) is 30.3 Å². The Kier molecular flexibility index (Phi) is 6.85. The molecule has 126 valence electrons. The van der Waals surface area contributed by atoms with Crippen LogP contribution in [0.5, 0.6) is 5.75 Å². The summed E-state index contributed by atoms with van der Waals surface area (Å²) in [5.41, 5.74) is 1.68. The van der Waals surface area contributed by atoms with Gasteiger partial charge in [-0.1, -0.05) is 48.0 Å². The van der Waals surface area contributed by atoms with E-state index < -0.39 is 0 Å². The average Bonchev–Trinajstić information content (AvgIpc) is 2.62. The number of carbonyl (C=O) groups is 1. The van der Waals surface area contributed by atoms with Gasteiger partial charge in [-0.05, 0) is 23.8 Å². The van der Waals surface area contributed by atoms with Crippen molar-refractivity contribution in [3.05, 3.63) is 70.8 Å². The second-order valence-electron chi connectivity index (χ2n) is 5.07. The summed E-state index contributed by atoms with van der Waals surface area (Å²) in [4.78, 5) is 12.0. The summed E-state index contributed by atoms with van der Waals surface area (Å²) in [5.74, 6) is 0.511. The van der Waals surface area contributed by atoms with Crippen LogP contribution in [0.3, 0.4) is 0 Å². The molecule has 2 aromatic carbocycles. The highest BCUT2D eigenvalue weighted by atomic mass is 35.5. The normalized spacial score (nSPS) is 12.1. The molecule has 0 unspecified atom stereocenters. The Bertz CT molecular complexity index is 715. The quantitative estimate of drug-likeness (QED) is 0.775. The number of rotatable bonds is 7. The lowest BCUT2D eigenvalue weighted by Crippen LogP contribution is -2.27. The Morgan fingerprint density at radius 1 is 1.17 bits per heavy atom. The number of methoxy groups -OCH3 is 2. The summed E-state index contributed by atoms with van der Waals surface area (Å²) in [5, 5.41) is 3.43. The molecule has 1 atom stereocenters. The summed E-state index contributed by atoms with van der Waals surface area (Å²) in [6.45, 7) is 0.336. The van der Waals surface area contributed by atoms with Gasteiger partial charge in [0.2, 0.25) is 5.91 Å². The van der Waals surface area contributed by atoms with Crippen molar-refractivity contribution in [2.75, 3.05) is 20.8 Å². The van der Waals surface area contributed by atoms with Crippen LogP contribution in [0.15, 0.2) is 54.6 Å². The number of halogens is 1.